The van der Waals surface area contributed by atoms with Crippen LogP contribution in [0.5, 0.6) is 0 Å². The van der Waals surface area contributed by atoms with Crippen molar-refractivity contribution in [3.05, 3.63) is 87.8 Å². The Bertz CT molecular complexity index is 1100. The van der Waals surface area contributed by atoms with Crippen molar-refractivity contribution in [2.24, 2.45) is 11.3 Å². The van der Waals surface area contributed by atoms with Crippen molar-refractivity contribution in [1.29, 1.82) is 5.26 Å². The average Bonchev–Trinajstić information content (AvgIpc) is 3.19. The van der Waals surface area contributed by atoms with E-state index in [2.05, 4.69) is 56.4 Å². The van der Waals surface area contributed by atoms with Crippen LogP contribution in [0.2, 0.25) is 0 Å². The van der Waals surface area contributed by atoms with Gasteiger partial charge in [-0.2, -0.15) is 5.26 Å². The van der Waals surface area contributed by atoms with Crippen molar-refractivity contribution in [1.82, 2.24) is 0 Å². The molecule has 1 unspecified atom stereocenters. The molecule has 170 valence electrons. The zero-order chi connectivity index (χ0) is 23.4. The number of nitrogens with one attached hydrogen (secondary N) is 1. The van der Waals surface area contributed by atoms with E-state index < -0.39 is 0 Å². The van der Waals surface area contributed by atoms with Crippen LogP contribution in [0.15, 0.2) is 60.7 Å². The van der Waals surface area contributed by atoms with Gasteiger partial charge < -0.3 is 5.32 Å². The smallest absolute Gasteiger partial charge is 0.225 e. The molecular formula is C29H32N2OS. The van der Waals surface area contributed by atoms with E-state index >= 15 is 0 Å². The van der Waals surface area contributed by atoms with Gasteiger partial charge in [-0.05, 0) is 47.3 Å². The summed E-state index contributed by atoms with van der Waals surface area (Å²) in [5, 5.41) is 13.7. The number of hydrogen-bond acceptors (Lipinski definition) is 3. The van der Waals surface area contributed by atoms with Crippen molar-refractivity contribution in [2.45, 2.75) is 58.8 Å². The summed E-state index contributed by atoms with van der Waals surface area (Å²) in [6.45, 7) is 6.95. The highest BCUT2D eigenvalue weighted by Gasteiger charge is 2.34. The van der Waals surface area contributed by atoms with Gasteiger partial charge in [-0.3, -0.25) is 4.79 Å². The molecule has 1 aromatic heterocycles. The lowest BCUT2D eigenvalue weighted by molar-refractivity contribution is -0.116. The van der Waals surface area contributed by atoms with Gasteiger partial charge in [-0.15, -0.1) is 11.3 Å². The number of nitriles is 1. The average molecular weight is 457 g/mol. The molecule has 0 aliphatic heterocycles. The maximum absolute atomic E-state index is 13.2. The zero-order valence-corrected chi connectivity index (χ0v) is 20.5. The molecular weight excluding hydrogens is 424 g/mol. The molecule has 0 fully saturated rings. The van der Waals surface area contributed by atoms with Crippen LogP contribution in [0.1, 0.15) is 73.1 Å². The second-order valence-corrected chi connectivity index (χ2v) is 10.8. The lowest BCUT2D eigenvalue weighted by Crippen LogP contribution is -2.28. The molecule has 1 aliphatic carbocycles. The molecule has 0 radical (unpaired) electrons. The first-order valence-electron chi connectivity index (χ1n) is 11.9. The number of carbonyl (C=O) groups is 1. The molecule has 1 N–H and O–H groups in total. The molecule has 1 amide bonds. The molecule has 0 spiro atoms. The van der Waals surface area contributed by atoms with Crippen LogP contribution in [0.3, 0.4) is 0 Å². The summed E-state index contributed by atoms with van der Waals surface area (Å²) >= 11 is 1.61. The Morgan fingerprint density at radius 3 is 2.27 bits per heavy atom. The van der Waals surface area contributed by atoms with E-state index in [1.807, 2.05) is 36.4 Å². The van der Waals surface area contributed by atoms with Crippen LogP contribution in [0.4, 0.5) is 5.00 Å². The number of hydrogen-bond donors (Lipinski definition) is 1. The van der Waals surface area contributed by atoms with Gasteiger partial charge in [0.25, 0.3) is 0 Å². The Kier molecular flexibility index (Phi) is 7.00. The fourth-order valence-corrected chi connectivity index (χ4v) is 6.20. The second-order valence-electron chi connectivity index (χ2n) is 9.73. The van der Waals surface area contributed by atoms with Gasteiger partial charge in [0, 0.05) is 17.2 Å². The number of rotatable bonds is 7. The fourth-order valence-electron chi connectivity index (χ4n) is 4.91. The van der Waals surface area contributed by atoms with Crippen molar-refractivity contribution >= 4 is 22.2 Å². The molecule has 33 heavy (non-hydrogen) atoms. The Hall–Kier alpha value is -2.90. The number of anilines is 1. The Morgan fingerprint density at radius 2 is 1.73 bits per heavy atom. The minimum absolute atomic E-state index is 0.0257. The summed E-state index contributed by atoms with van der Waals surface area (Å²) in [5.74, 6) is 0.541. The van der Waals surface area contributed by atoms with Gasteiger partial charge in [0.05, 0.1) is 5.56 Å². The van der Waals surface area contributed by atoms with Crippen LogP contribution in [-0.4, -0.2) is 5.91 Å². The van der Waals surface area contributed by atoms with Crippen molar-refractivity contribution in [3.8, 4) is 6.07 Å². The van der Waals surface area contributed by atoms with Crippen molar-refractivity contribution in [3.63, 3.8) is 0 Å². The Labute approximate surface area is 201 Å². The fraction of sp³-hybridized carbons (Fsp3) is 0.379. The van der Waals surface area contributed by atoms with E-state index in [0.29, 0.717) is 17.9 Å². The lowest BCUT2D eigenvalue weighted by Gasteiger charge is -2.36. The summed E-state index contributed by atoms with van der Waals surface area (Å²) in [6, 6.07) is 22.7. The predicted molar refractivity (Wildman–Crippen MR) is 137 cm³/mol. The van der Waals surface area contributed by atoms with Crippen molar-refractivity contribution < 1.29 is 4.79 Å². The van der Waals surface area contributed by atoms with Crippen LogP contribution < -0.4 is 5.32 Å². The van der Waals surface area contributed by atoms with E-state index in [1.165, 1.54) is 4.88 Å². The molecule has 2 aromatic carbocycles. The Balaban J connectivity index is 1.55. The second kappa shape index (κ2) is 9.93. The molecule has 1 atom stereocenters. The van der Waals surface area contributed by atoms with Crippen LogP contribution >= 0.6 is 11.3 Å². The first-order chi connectivity index (χ1) is 15.9. The molecule has 1 heterocycles. The van der Waals surface area contributed by atoms with Gasteiger partial charge in [0.2, 0.25) is 5.91 Å². The van der Waals surface area contributed by atoms with E-state index in [1.54, 1.807) is 11.3 Å². The number of nitrogens with zero attached hydrogens (tertiary/aromatic N) is 1. The first-order valence-corrected chi connectivity index (χ1v) is 12.7. The predicted octanol–water partition coefficient (Wildman–Crippen LogP) is 7.32. The van der Waals surface area contributed by atoms with E-state index in [-0.39, 0.29) is 17.2 Å². The van der Waals surface area contributed by atoms with E-state index in [9.17, 15) is 10.1 Å². The van der Waals surface area contributed by atoms with E-state index in [4.69, 9.17) is 0 Å². The van der Waals surface area contributed by atoms with Gasteiger partial charge >= 0.3 is 0 Å². The van der Waals surface area contributed by atoms with E-state index in [0.717, 1.165) is 47.4 Å². The minimum atomic E-state index is -0.0479. The molecule has 3 nitrogen and oxygen atoms in total. The summed E-state index contributed by atoms with van der Waals surface area (Å²) in [7, 11) is 0. The van der Waals surface area contributed by atoms with Crippen molar-refractivity contribution in [2.75, 3.05) is 5.32 Å². The molecule has 1 aliphatic rings. The van der Waals surface area contributed by atoms with Gasteiger partial charge in [0.15, 0.2) is 0 Å². The molecule has 4 rings (SSSR count). The summed E-state index contributed by atoms with van der Waals surface area (Å²) in [6.07, 6.45) is 4.52. The van der Waals surface area contributed by atoms with Crippen LogP contribution in [0, 0.1) is 22.7 Å². The third-order valence-electron chi connectivity index (χ3n) is 7.44. The molecule has 0 saturated carbocycles. The largest absolute Gasteiger partial charge is 0.317 e. The molecule has 4 heteroatoms. The van der Waals surface area contributed by atoms with Crippen LogP contribution in [-0.2, 0) is 17.6 Å². The Morgan fingerprint density at radius 1 is 1.12 bits per heavy atom. The SMILES string of the molecule is CCC(C)(C)C1CCc2c(sc(NC(=O)CC(c3ccccc3)c3ccccc3)c2C#N)C1. The number of carbonyl (C=O) groups excluding carboxylic acids is 1. The summed E-state index contributed by atoms with van der Waals surface area (Å²) in [5.41, 5.74) is 4.36. The maximum Gasteiger partial charge on any atom is 0.225 e. The highest BCUT2D eigenvalue weighted by atomic mass is 32.1. The minimum Gasteiger partial charge on any atom is -0.317 e. The number of amides is 1. The molecule has 0 saturated heterocycles. The molecule has 0 bridgehead atoms. The standard InChI is InChI=1S/C29H32N2OS/c1-4-29(2,3)22-15-16-23-25(19-30)28(33-26(23)17-22)31-27(32)18-24(20-11-7-5-8-12-20)21-13-9-6-10-14-21/h5-14,22,24H,4,15-18H2,1-3H3,(H,31,32). The zero-order valence-electron chi connectivity index (χ0n) is 19.7. The van der Waals surface area contributed by atoms with Gasteiger partial charge in [-0.1, -0.05) is 87.9 Å². The maximum atomic E-state index is 13.2. The number of fused-ring (bicyclic) bond motifs is 1. The quantitative estimate of drug-likeness (QED) is 0.405. The van der Waals surface area contributed by atoms with Gasteiger partial charge in [0.1, 0.15) is 11.1 Å². The highest BCUT2D eigenvalue weighted by molar-refractivity contribution is 7.16. The normalized spacial score (nSPS) is 15.7. The monoisotopic (exact) mass is 456 g/mol. The third-order valence-corrected chi connectivity index (χ3v) is 8.61. The topological polar surface area (TPSA) is 52.9 Å². The van der Waals surface area contributed by atoms with Gasteiger partial charge in [-0.25, -0.2) is 0 Å². The lowest BCUT2D eigenvalue weighted by atomic mass is 9.69. The first kappa shape index (κ1) is 23.3. The van der Waals surface area contributed by atoms with Crippen LogP contribution in [0.25, 0.3) is 0 Å². The highest BCUT2D eigenvalue weighted by Crippen LogP contribution is 2.45. The summed E-state index contributed by atoms with van der Waals surface area (Å²) < 4.78 is 0. The summed E-state index contributed by atoms with van der Waals surface area (Å²) in [4.78, 5) is 14.5. The third kappa shape index (κ3) is 5.04. The number of benzene rings is 2. The molecule has 3 aromatic rings. The number of thiophene rings is 1.